The lowest BCUT2D eigenvalue weighted by Crippen LogP contribution is -2.13. The lowest BCUT2D eigenvalue weighted by molar-refractivity contribution is 0.350. The number of aliphatic hydroxyl groups is 1. The standard InChI is InChI=1S/C13H13N3O3S/c1-10-7-11(3-2-6-17)4-5-13(10)16-20(18,19)12-8-14-15-9-12/h4-5,7-9,16-17H,6H2,1H3,(H,14,15). The van der Waals surface area contributed by atoms with Crippen molar-refractivity contribution in [2.24, 2.45) is 0 Å². The van der Waals surface area contributed by atoms with Crippen molar-refractivity contribution in [1.29, 1.82) is 0 Å². The van der Waals surface area contributed by atoms with Gasteiger partial charge in [0.05, 0.1) is 11.9 Å². The van der Waals surface area contributed by atoms with Gasteiger partial charge in [-0.25, -0.2) is 8.42 Å². The van der Waals surface area contributed by atoms with Crippen LogP contribution in [0, 0.1) is 18.8 Å². The number of aliphatic hydroxyl groups excluding tert-OH is 1. The van der Waals surface area contributed by atoms with Crippen LogP contribution in [-0.4, -0.2) is 30.3 Å². The molecule has 0 aliphatic carbocycles. The molecule has 104 valence electrons. The molecule has 0 radical (unpaired) electrons. The van der Waals surface area contributed by atoms with Crippen molar-refractivity contribution in [2.45, 2.75) is 11.8 Å². The summed E-state index contributed by atoms with van der Waals surface area (Å²) in [5.41, 5.74) is 1.92. The van der Waals surface area contributed by atoms with Crippen molar-refractivity contribution >= 4 is 15.7 Å². The number of hydrogen-bond donors (Lipinski definition) is 3. The van der Waals surface area contributed by atoms with Gasteiger partial charge in [0.1, 0.15) is 11.5 Å². The first kappa shape index (κ1) is 14.1. The zero-order valence-electron chi connectivity index (χ0n) is 10.7. The van der Waals surface area contributed by atoms with E-state index in [1.54, 1.807) is 25.1 Å². The number of nitrogens with zero attached hydrogens (tertiary/aromatic N) is 1. The normalized spacial score (nSPS) is 10.7. The Morgan fingerprint density at radius 2 is 2.25 bits per heavy atom. The van der Waals surface area contributed by atoms with Crippen LogP contribution >= 0.6 is 0 Å². The summed E-state index contributed by atoms with van der Waals surface area (Å²) in [5, 5.41) is 14.7. The van der Waals surface area contributed by atoms with Gasteiger partial charge in [-0.05, 0) is 30.7 Å². The molecule has 7 heteroatoms. The molecule has 0 bridgehead atoms. The Morgan fingerprint density at radius 3 is 2.85 bits per heavy atom. The van der Waals surface area contributed by atoms with Crippen LogP contribution in [0.1, 0.15) is 11.1 Å². The maximum absolute atomic E-state index is 12.0. The SMILES string of the molecule is Cc1cc(C#CCO)ccc1NS(=O)(=O)c1cn[nH]c1. The number of hydrogen-bond acceptors (Lipinski definition) is 4. The quantitative estimate of drug-likeness (QED) is 0.731. The Labute approximate surface area is 116 Å². The highest BCUT2D eigenvalue weighted by Crippen LogP contribution is 2.20. The molecule has 2 rings (SSSR count). The minimum absolute atomic E-state index is 0.0704. The van der Waals surface area contributed by atoms with Crippen molar-refractivity contribution in [3.05, 3.63) is 41.7 Å². The zero-order chi connectivity index (χ0) is 14.6. The zero-order valence-corrected chi connectivity index (χ0v) is 11.5. The van der Waals surface area contributed by atoms with Gasteiger partial charge in [-0.15, -0.1) is 0 Å². The minimum atomic E-state index is -3.64. The average molecular weight is 291 g/mol. The molecule has 0 fully saturated rings. The van der Waals surface area contributed by atoms with Gasteiger partial charge in [0.2, 0.25) is 0 Å². The van der Waals surface area contributed by atoms with Crippen LogP contribution < -0.4 is 4.72 Å². The van der Waals surface area contributed by atoms with Gasteiger partial charge in [0, 0.05) is 11.8 Å². The fourth-order valence-corrected chi connectivity index (χ4v) is 2.62. The number of aromatic amines is 1. The van der Waals surface area contributed by atoms with E-state index in [1.807, 2.05) is 0 Å². The summed E-state index contributed by atoms with van der Waals surface area (Å²) in [4.78, 5) is 0.0704. The molecule has 0 spiro atoms. The molecule has 0 aliphatic heterocycles. The second kappa shape index (κ2) is 5.77. The van der Waals surface area contributed by atoms with E-state index >= 15 is 0 Å². The molecule has 1 aromatic carbocycles. The summed E-state index contributed by atoms with van der Waals surface area (Å²) in [7, 11) is -3.64. The number of anilines is 1. The molecule has 0 saturated heterocycles. The van der Waals surface area contributed by atoms with Gasteiger partial charge in [-0.2, -0.15) is 5.10 Å². The largest absolute Gasteiger partial charge is 0.384 e. The van der Waals surface area contributed by atoms with E-state index in [0.717, 1.165) is 5.56 Å². The maximum atomic E-state index is 12.0. The number of aryl methyl sites for hydroxylation is 1. The van der Waals surface area contributed by atoms with Gasteiger partial charge in [-0.3, -0.25) is 9.82 Å². The highest BCUT2D eigenvalue weighted by Gasteiger charge is 2.16. The van der Waals surface area contributed by atoms with Gasteiger partial charge < -0.3 is 5.11 Å². The van der Waals surface area contributed by atoms with Gasteiger partial charge >= 0.3 is 0 Å². The van der Waals surface area contributed by atoms with Crippen LogP contribution in [0.5, 0.6) is 0 Å². The molecule has 0 amide bonds. The number of sulfonamides is 1. The van der Waals surface area contributed by atoms with Gasteiger partial charge in [0.15, 0.2) is 0 Å². The predicted molar refractivity (Wildman–Crippen MR) is 74.5 cm³/mol. The first-order valence-corrected chi connectivity index (χ1v) is 7.23. The minimum Gasteiger partial charge on any atom is -0.384 e. The molecule has 3 N–H and O–H groups in total. The average Bonchev–Trinajstić information content (AvgIpc) is 2.94. The Balaban J connectivity index is 2.27. The molecule has 20 heavy (non-hydrogen) atoms. The fraction of sp³-hybridized carbons (Fsp3) is 0.154. The number of H-pyrrole nitrogens is 1. The summed E-state index contributed by atoms with van der Waals surface area (Å²) in [6, 6.07) is 5.06. The summed E-state index contributed by atoms with van der Waals surface area (Å²) in [6.07, 6.45) is 2.54. The van der Waals surface area contributed by atoms with Crippen molar-refractivity contribution < 1.29 is 13.5 Å². The molecule has 0 atom stereocenters. The van der Waals surface area contributed by atoms with Crippen molar-refractivity contribution in [2.75, 3.05) is 11.3 Å². The van der Waals surface area contributed by atoms with Crippen LogP contribution in [0.15, 0.2) is 35.5 Å². The lowest BCUT2D eigenvalue weighted by Gasteiger charge is -2.09. The van der Waals surface area contributed by atoms with E-state index in [4.69, 9.17) is 5.11 Å². The van der Waals surface area contributed by atoms with E-state index in [2.05, 4.69) is 26.8 Å². The smallest absolute Gasteiger partial charge is 0.265 e. The van der Waals surface area contributed by atoms with Crippen LogP contribution in [0.25, 0.3) is 0 Å². The predicted octanol–water partition coefficient (Wildman–Crippen LogP) is 0.863. The topological polar surface area (TPSA) is 95.1 Å². The maximum Gasteiger partial charge on any atom is 0.265 e. The first-order valence-electron chi connectivity index (χ1n) is 5.75. The second-order valence-corrected chi connectivity index (χ2v) is 5.71. The van der Waals surface area contributed by atoms with E-state index in [-0.39, 0.29) is 11.5 Å². The molecule has 1 aromatic heterocycles. The van der Waals surface area contributed by atoms with Crippen molar-refractivity contribution in [3.8, 4) is 11.8 Å². The van der Waals surface area contributed by atoms with E-state index in [1.165, 1.54) is 12.4 Å². The van der Waals surface area contributed by atoms with E-state index in [0.29, 0.717) is 11.3 Å². The van der Waals surface area contributed by atoms with E-state index in [9.17, 15) is 8.42 Å². The summed E-state index contributed by atoms with van der Waals surface area (Å²) in [6.45, 7) is 1.56. The Bertz CT molecular complexity index is 756. The van der Waals surface area contributed by atoms with Crippen LogP contribution in [0.2, 0.25) is 0 Å². The summed E-state index contributed by atoms with van der Waals surface area (Å²) >= 11 is 0. The third-order valence-electron chi connectivity index (χ3n) is 2.57. The van der Waals surface area contributed by atoms with Crippen molar-refractivity contribution in [1.82, 2.24) is 10.2 Å². The monoisotopic (exact) mass is 291 g/mol. The third-order valence-corrected chi connectivity index (χ3v) is 3.90. The molecule has 0 unspecified atom stereocenters. The Hall–Kier alpha value is -2.30. The van der Waals surface area contributed by atoms with Crippen LogP contribution in [-0.2, 0) is 10.0 Å². The highest BCUT2D eigenvalue weighted by atomic mass is 32.2. The van der Waals surface area contributed by atoms with Gasteiger partial charge in [-0.1, -0.05) is 11.8 Å². The van der Waals surface area contributed by atoms with Crippen molar-refractivity contribution in [3.63, 3.8) is 0 Å². The molecule has 0 saturated carbocycles. The lowest BCUT2D eigenvalue weighted by atomic mass is 10.1. The fourth-order valence-electron chi connectivity index (χ4n) is 1.59. The third kappa shape index (κ3) is 3.17. The Kier molecular flexibility index (Phi) is 4.08. The Morgan fingerprint density at radius 1 is 1.45 bits per heavy atom. The van der Waals surface area contributed by atoms with E-state index < -0.39 is 10.0 Å². The van der Waals surface area contributed by atoms with Crippen LogP contribution in [0.3, 0.4) is 0 Å². The second-order valence-electron chi connectivity index (χ2n) is 4.03. The number of aromatic nitrogens is 2. The summed E-state index contributed by atoms with van der Waals surface area (Å²) < 4.78 is 26.6. The molecule has 6 nitrogen and oxygen atoms in total. The first-order chi connectivity index (χ1) is 9.53. The molecular formula is C13H13N3O3S. The van der Waals surface area contributed by atoms with Crippen LogP contribution in [0.4, 0.5) is 5.69 Å². The number of rotatable bonds is 3. The van der Waals surface area contributed by atoms with Gasteiger partial charge in [0.25, 0.3) is 10.0 Å². The molecular weight excluding hydrogens is 278 g/mol. The molecule has 0 aliphatic rings. The molecule has 1 heterocycles. The number of benzene rings is 1. The molecule has 2 aromatic rings. The summed E-state index contributed by atoms with van der Waals surface area (Å²) in [5.74, 6) is 5.30. The highest BCUT2D eigenvalue weighted by molar-refractivity contribution is 7.92. The number of nitrogens with one attached hydrogen (secondary N) is 2.